The predicted molar refractivity (Wildman–Crippen MR) is 214 cm³/mol. The number of carbonyl (C=O) groups excluding carboxylic acids is 1. The highest BCUT2D eigenvalue weighted by molar-refractivity contribution is 5.96. The van der Waals surface area contributed by atoms with Crippen LogP contribution in [0.2, 0.25) is 0 Å². The molecule has 1 amide bonds. The topological polar surface area (TPSA) is 91.0 Å². The molecule has 0 N–H and O–H groups in total. The normalized spacial score (nSPS) is 14.5. The fourth-order valence-electron chi connectivity index (χ4n) is 7.83. The monoisotopic (exact) mass is 721 g/mol. The minimum absolute atomic E-state index is 0.170. The molecule has 3 aromatic heterocycles. The first-order chi connectivity index (χ1) is 27.2. The number of pyridine rings is 1. The van der Waals surface area contributed by atoms with E-state index < -0.39 is 5.54 Å². The Balaban J connectivity index is 1.18. The zero-order valence-electron chi connectivity index (χ0n) is 30.2. The molecular weight excluding hydrogens is 683 g/mol. The lowest BCUT2D eigenvalue weighted by molar-refractivity contribution is -0.107. The third-order valence-corrected chi connectivity index (χ3v) is 10.5. The quantitative estimate of drug-likeness (QED) is 0.0978. The zero-order valence-corrected chi connectivity index (χ0v) is 30.2. The molecule has 1 atom stereocenters. The molecule has 1 fully saturated rings. The standard InChI is InChI=1S/C46H39N7O2/c54-33-51(31-34-14-13-26-47-30-34)40-22-12-15-35(28-40)44-41-29-36(24-25-42(41)53(49-44)43-23-10-11-27-55-43)45-48-32-52(50-45)46(37-16-4-1-5-17-37,38-18-6-2-7-19-38)39-20-8-3-9-21-39/h1-9,12-22,24-26,28-30,32-33,43H,10-11,23,27,31H2. The maximum Gasteiger partial charge on any atom is 0.214 e. The van der Waals surface area contributed by atoms with Crippen molar-refractivity contribution in [2.45, 2.75) is 37.6 Å². The van der Waals surface area contributed by atoms with Crippen LogP contribution >= 0.6 is 0 Å². The molecule has 270 valence electrons. The van der Waals surface area contributed by atoms with Crippen LogP contribution in [0.1, 0.15) is 47.7 Å². The average Bonchev–Trinajstić information content (AvgIpc) is 3.91. The molecule has 0 bridgehead atoms. The van der Waals surface area contributed by atoms with E-state index in [9.17, 15) is 4.79 Å². The number of aromatic nitrogens is 6. The number of ether oxygens (including phenoxy) is 1. The van der Waals surface area contributed by atoms with Gasteiger partial charge in [0.25, 0.3) is 0 Å². The number of anilines is 1. The maximum atomic E-state index is 12.4. The number of hydrogen-bond acceptors (Lipinski definition) is 6. The Hall–Kier alpha value is -6.71. The third kappa shape index (κ3) is 6.38. The molecule has 9 nitrogen and oxygen atoms in total. The van der Waals surface area contributed by atoms with Gasteiger partial charge >= 0.3 is 0 Å². The van der Waals surface area contributed by atoms with Gasteiger partial charge in [0.1, 0.15) is 17.6 Å². The van der Waals surface area contributed by atoms with E-state index in [1.54, 1.807) is 17.3 Å². The number of benzene rings is 5. The van der Waals surface area contributed by atoms with Crippen molar-refractivity contribution in [2.75, 3.05) is 11.5 Å². The van der Waals surface area contributed by atoms with E-state index in [0.717, 1.165) is 81.3 Å². The zero-order chi connectivity index (χ0) is 37.0. The van der Waals surface area contributed by atoms with Crippen molar-refractivity contribution in [3.63, 3.8) is 0 Å². The summed E-state index contributed by atoms with van der Waals surface area (Å²) in [5.41, 5.74) is 7.66. The van der Waals surface area contributed by atoms with Crippen LogP contribution in [0.4, 0.5) is 5.69 Å². The van der Waals surface area contributed by atoms with E-state index in [4.69, 9.17) is 19.9 Å². The number of nitrogens with zero attached hydrogens (tertiary/aromatic N) is 7. The molecule has 9 rings (SSSR count). The summed E-state index contributed by atoms with van der Waals surface area (Å²) in [5.74, 6) is 0.596. The molecule has 1 aliphatic rings. The highest BCUT2D eigenvalue weighted by Crippen LogP contribution is 2.41. The predicted octanol–water partition coefficient (Wildman–Crippen LogP) is 9.06. The largest absolute Gasteiger partial charge is 0.356 e. The summed E-state index contributed by atoms with van der Waals surface area (Å²) in [6, 6.07) is 49.5. The summed E-state index contributed by atoms with van der Waals surface area (Å²) in [7, 11) is 0. The molecule has 55 heavy (non-hydrogen) atoms. The molecule has 8 aromatic rings. The lowest BCUT2D eigenvalue weighted by atomic mass is 9.77. The van der Waals surface area contributed by atoms with Crippen LogP contribution in [0.15, 0.2) is 164 Å². The number of rotatable bonds is 11. The number of carbonyl (C=O) groups is 1. The summed E-state index contributed by atoms with van der Waals surface area (Å²) in [4.78, 5) is 23.3. The summed E-state index contributed by atoms with van der Waals surface area (Å²) in [6.45, 7) is 1.10. The summed E-state index contributed by atoms with van der Waals surface area (Å²) in [6.07, 6.45) is 9.04. The van der Waals surface area contributed by atoms with Crippen LogP contribution in [0.25, 0.3) is 33.5 Å². The Morgan fingerprint density at radius 1 is 0.745 bits per heavy atom. The molecule has 5 aromatic carbocycles. The second-order valence-corrected chi connectivity index (χ2v) is 13.8. The molecule has 0 aliphatic carbocycles. The Kier molecular flexibility index (Phi) is 9.27. The van der Waals surface area contributed by atoms with Crippen LogP contribution < -0.4 is 4.90 Å². The van der Waals surface area contributed by atoms with Gasteiger partial charge < -0.3 is 9.64 Å². The highest BCUT2D eigenvalue weighted by atomic mass is 16.5. The molecule has 0 saturated carbocycles. The van der Waals surface area contributed by atoms with Gasteiger partial charge in [-0.1, -0.05) is 109 Å². The van der Waals surface area contributed by atoms with Gasteiger partial charge in [0.05, 0.1) is 12.1 Å². The lowest BCUT2D eigenvalue weighted by Crippen LogP contribution is -2.38. The van der Waals surface area contributed by atoms with Crippen molar-refractivity contribution >= 4 is 23.0 Å². The van der Waals surface area contributed by atoms with Crippen molar-refractivity contribution in [1.29, 1.82) is 0 Å². The van der Waals surface area contributed by atoms with Gasteiger partial charge in [0.15, 0.2) is 12.1 Å². The fraction of sp³-hybridized carbons (Fsp3) is 0.152. The summed E-state index contributed by atoms with van der Waals surface area (Å²) < 4.78 is 10.3. The Labute approximate surface area is 319 Å². The van der Waals surface area contributed by atoms with Gasteiger partial charge in [-0.05, 0) is 77.9 Å². The van der Waals surface area contributed by atoms with E-state index in [0.29, 0.717) is 19.0 Å². The Morgan fingerprint density at radius 3 is 2.11 bits per heavy atom. The lowest BCUT2D eigenvalue weighted by Gasteiger charge is -2.35. The van der Waals surface area contributed by atoms with E-state index in [1.165, 1.54) is 0 Å². The van der Waals surface area contributed by atoms with Crippen LogP contribution in [-0.4, -0.2) is 42.5 Å². The van der Waals surface area contributed by atoms with Gasteiger partial charge in [0.2, 0.25) is 6.41 Å². The van der Waals surface area contributed by atoms with Crippen molar-refractivity contribution in [2.24, 2.45) is 0 Å². The molecule has 9 heteroatoms. The van der Waals surface area contributed by atoms with Crippen LogP contribution in [0, 0.1) is 0 Å². The van der Waals surface area contributed by atoms with Gasteiger partial charge in [-0.2, -0.15) is 5.10 Å². The van der Waals surface area contributed by atoms with Crippen molar-refractivity contribution in [3.8, 4) is 22.6 Å². The number of amides is 1. The first kappa shape index (κ1) is 34.1. The fourth-order valence-corrected chi connectivity index (χ4v) is 7.83. The second-order valence-electron chi connectivity index (χ2n) is 13.8. The SMILES string of the molecule is O=CN(Cc1cccnc1)c1cccc(-c2nn(C3CCCCO3)c3ccc(-c4ncn(C(c5ccccc5)(c5ccccc5)c5ccccc5)n4)cc23)c1. The Bertz CT molecular complexity index is 2430. The van der Waals surface area contributed by atoms with Gasteiger partial charge in [0, 0.05) is 41.2 Å². The summed E-state index contributed by atoms with van der Waals surface area (Å²) in [5, 5.41) is 11.4. The summed E-state index contributed by atoms with van der Waals surface area (Å²) >= 11 is 0. The molecule has 0 spiro atoms. The first-order valence-corrected chi connectivity index (χ1v) is 18.7. The molecule has 0 radical (unpaired) electrons. The smallest absolute Gasteiger partial charge is 0.214 e. The minimum Gasteiger partial charge on any atom is -0.356 e. The number of fused-ring (bicyclic) bond motifs is 1. The average molecular weight is 722 g/mol. The molecule has 4 heterocycles. The van der Waals surface area contributed by atoms with E-state index in [-0.39, 0.29) is 6.23 Å². The number of hydrogen-bond donors (Lipinski definition) is 0. The van der Waals surface area contributed by atoms with E-state index >= 15 is 0 Å². The molecule has 1 aliphatic heterocycles. The van der Waals surface area contributed by atoms with Crippen LogP contribution in [0.5, 0.6) is 0 Å². The molecule has 1 unspecified atom stereocenters. The van der Waals surface area contributed by atoms with E-state index in [1.807, 2.05) is 70.3 Å². The maximum absolute atomic E-state index is 12.4. The molecular formula is C46H39N7O2. The van der Waals surface area contributed by atoms with Gasteiger partial charge in [-0.15, -0.1) is 5.10 Å². The van der Waals surface area contributed by atoms with Crippen molar-refractivity contribution in [3.05, 3.63) is 187 Å². The minimum atomic E-state index is -0.784. The highest BCUT2D eigenvalue weighted by Gasteiger charge is 2.39. The first-order valence-electron chi connectivity index (χ1n) is 18.7. The van der Waals surface area contributed by atoms with Crippen molar-refractivity contribution < 1.29 is 9.53 Å². The van der Waals surface area contributed by atoms with Crippen LogP contribution in [0.3, 0.4) is 0 Å². The molecule has 1 saturated heterocycles. The third-order valence-electron chi connectivity index (χ3n) is 10.5. The van der Waals surface area contributed by atoms with Crippen molar-refractivity contribution in [1.82, 2.24) is 29.5 Å². The van der Waals surface area contributed by atoms with Gasteiger partial charge in [-0.3, -0.25) is 9.78 Å². The van der Waals surface area contributed by atoms with E-state index in [2.05, 4.69) is 96.0 Å². The second kappa shape index (κ2) is 15.0. The van der Waals surface area contributed by atoms with Gasteiger partial charge in [-0.25, -0.2) is 14.3 Å². The Morgan fingerprint density at radius 2 is 1.47 bits per heavy atom. The van der Waals surface area contributed by atoms with Crippen LogP contribution in [-0.2, 0) is 21.6 Å².